The quantitative estimate of drug-likeness (QED) is 0.294. The molecule has 0 amide bonds. The number of aliphatic imine (C=N–C) groups is 1. The molecule has 3 aliphatic heterocycles. The summed E-state index contributed by atoms with van der Waals surface area (Å²) >= 11 is 0. The van der Waals surface area contributed by atoms with E-state index >= 15 is 0 Å². The number of nitrogens with one attached hydrogen (secondary N) is 1. The lowest BCUT2D eigenvalue weighted by Crippen LogP contribution is -2.42. The van der Waals surface area contributed by atoms with Crippen LogP contribution in [0.2, 0.25) is 0 Å². The highest BCUT2D eigenvalue weighted by atomic mass is 127. The summed E-state index contributed by atoms with van der Waals surface area (Å²) in [5, 5.41) is 3.51. The van der Waals surface area contributed by atoms with Crippen LogP contribution < -0.4 is 5.32 Å². The average Bonchev–Trinajstić information content (AvgIpc) is 3.30. The Labute approximate surface area is 216 Å². The third-order valence-electron chi connectivity index (χ3n) is 6.60. The minimum atomic E-state index is 0. The van der Waals surface area contributed by atoms with Crippen molar-refractivity contribution in [2.45, 2.75) is 45.4 Å². The maximum atomic E-state index is 6.10. The number of ether oxygens (including phenoxy) is 3. The van der Waals surface area contributed by atoms with E-state index in [1.165, 1.54) is 24.1 Å². The van der Waals surface area contributed by atoms with Gasteiger partial charge < -0.3 is 24.4 Å². The Morgan fingerprint density at radius 3 is 2.61 bits per heavy atom. The highest BCUT2D eigenvalue weighted by Crippen LogP contribution is 2.19. The molecule has 1 aromatic carbocycles. The molecule has 4 rings (SSSR count). The molecule has 3 fully saturated rings. The number of morpholine rings is 1. The predicted octanol–water partition coefficient (Wildman–Crippen LogP) is 3.12. The van der Waals surface area contributed by atoms with Crippen LogP contribution in [0.15, 0.2) is 29.3 Å². The zero-order valence-corrected chi connectivity index (χ0v) is 22.4. The van der Waals surface area contributed by atoms with Gasteiger partial charge in [0.25, 0.3) is 0 Å². The SMILES string of the molecule is CCNC(=NCc1cccc(COC2CCOCC2)c1)N1CCC(CN2CCOCC2)C1.I. The molecule has 3 heterocycles. The molecule has 7 nitrogen and oxygen atoms in total. The van der Waals surface area contributed by atoms with Gasteiger partial charge in [0.15, 0.2) is 5.96 Å². The van der Waals surface area contributed by atoms with Gasteiger partial charge in [-0.05, 0) is 43.2 Å². The van der Waals surface area contributed by atoms with Gasteiger partial charge in [0.05, 0.1) is 32.5 Å². The summed E-state index contributed by atoms with van der Waals surface area (Å²) in [5.41, 5.74) is 2.46. The minimum absolute atomic E-state index is 0. The van der Waals surface area contributed by atoms with E-state index in [2.05, 4.69) is 46.3 Å². The van der Waals surface area contributed by atoms with Crippen molar-refractivity contribution in [1.29, 1.82) is 0 Å². The summed E-state index contributed by atoms with van der Waals surface area (Å²) in [5.74, 6) is 1.75. The van der Waals surface area contributed by atoms with E-state index in [9.17, 15) is 0 Å². The van der Waals surface area contributed by atoms with Crippen LogP contribution in [0.25, 0.3) is 0 Å². The Hall–Kier alpha value is -0.940. The first-order chi connectivity index (χ1) is 15.8. The molecular formula is C25H41IN4O3. The molecular weight excluding hydrogens is 531 g/mol. The normalized spacial score (nSPS) is 22.9. The number of hydrogen-bond donors (Lipinski definition) is 1. The average molecular weight is 573 g/mol. The zero-order valence-electron chi connectivity index (χ0n) is 20.0. The standard InChI is InChI=1S/C25H40N4O3.HI/c1-2-26-25(29-9-6-23(19-29)18-28-10-14-31-15-11-28)27-17-21-4-3-5-22(16-21)20-32-24-7-12-30-13-8-24;/h3-5,16,23-24H,2,6-15,17-20H2,1H3,(H,26,27);1H. The van der Waals surface area contributed by atoms with Gasteiger partial charge in [-0.3, -0.25) is 4.90 Å². The highest BCUT2D eigenvalue weighted by molar-refractivity contribution is 14.0. The molecule has 0 bridgehead atoms. The molecule has 1 atom stereocenters. The molecule has 0 aliphatic carbocycles. The van der Waals surface area contributed by atoms with Crippen LogP contribution in [0, 0.1) is 5.92 Å². The van der Waals surface area contributed by atoms with Crippen molar-refractivity contribution >= 4 is 29.9 Å². The van der Waals surface area contributed by atoms with E-state index in [0.717, 1.165) is 78.0 Å². The van der Waals surface area contributed by atoms with E-state index in [1.807, 2.05) is 0 Å². The Morgan fingerprint density at radius 2 is 1.82 bits per heavy atom. The third-order valence-corrected chi connectivity index (χ3v) is 6.60. The van der Waals surface area contributed by atoms with Crippen LogP contribution in [0.3, 0.4) is 0 Å². The molecule has 33 heavy (non-hydrogen) atoms. The second kappa shape index (κ2) is 14.5. The van der Waals surface area contributed by atoms with Crippen molar-refractivity contribution in [1.82, 2.24) is 15.1 Å². The van der Waals surface area contributed by atoms with Crippen LogP contribution in [-0.2, 0) is 27.4 Å². The zero-order chi connectivity index (χ0) is 22.0. The molecule has 1 N–H and O–H groups in total. The smallest absolute Gasteiger partial charge is 0.194 e. The monoisotopic (exact) mass is 572 g/mol. The molecule has 186 valence electrons. The fourth-order valence-electron chi connectivity index (χ4n) is 4.79. The van der Waals surface area contributed by atoms with Crippen molar-refractivity contribution in [3.05, 3.63) is 35.4 Å². The number of nitrogens with zero attached hydrogens (tertiary/aromatic N) is 3. The number of guanidine groups is 1. The summed E-state index contributed by atoms with van der Waals surface area (Å²) in [6.45, 7) is 13.3. The maximum Gasteiger partial charge on any atom is 0.194 e. The lowest BCUT2D eigenvalue weighted by Gasteiger charge is -2.29. The van der Waals surface area contributed by atoms with E-state index < -0.39 is 0 Å². The van der Waals surface area contributed by atoms with Gasteiger partial charge in [0.2, 0.25) is 0 Å². The van der Waals surface area contributed by atoms with E-state index in [-0.39, 0.29) is 24.0 Å². The van der Waals surface area contributed by atoms with Crippen molar-refractivity contribution < 1.29 is 14.2 Å². The molecule has 1 aromatic rings. The third kappa shape index (κ3) is 8.65. The van der Waals surface area contributed by atoms with Crippen LogP contribution in [-0.4, -0.2) is 87.6 Å². The first-order valence-electron chi connectivity index (χ1n) is 12.4. The summed E-state index contributed by atoms with van der Waals surface area (Å²) in [6, 6.07) is 8.66. The van der Waals surface area contributed by atoms with Crippen LogP contribution in [0.4, 0.5) is 0 Å². The van der Waals surface area contributed by atoms with Crippen molar-refractivity contribution in [2.24, 2.45) is 10.9 Å². The largest absolute Gasteiger partial charge is 0.381 e. The molecule has 0 spiro atoms. The summed E-state index contributed by atoms with van der Waals surface area (Å²) in [6.07, 6.45) is 3.56. The van der Waals surface area contributed by atoms with E-state index in [4.69, 9.17) is 19.2 Å². The van der Waals surface area contributed by atoms with Gasteiger partial charge in [0, 0.05) is 52.5 Å². The van der Waals surface area contributed by atoms with Gasteiger partial charge in [-0.2, -0.15) is 0 Å². The fourth-order valence-corrected chi connectivity index (χ4v) is 4.79. The van der Waals surface area contributed by atoms with E-state index in [1.54, 1.807) is 0 Å². The minimum Gasteiger partial charge on any atom is -0.381 e. The maximum absolute atomic E-state index is 6.10. The second-order valence-electron chi connectivity index (χ2n) is 9.13. The second-order valence-corrected chi connectivity index (χ2v) is 9.13. The Balaban J connectivity index is 0.00000306. The lowest BCUT2D eigenvalue weighted by atomic mass is 10.1. The number of hydrogen-bond acceptors (Lipinski definition) is 5. The molecule has 0 saturated carbocycles. The first kappa shape index (κ1) is 26.7. The van der Waals surface area contributed by atoms with Crippen molar-refractivity contribution in [3.8, 4) is 0 Å². The number of likely N-dealkylation sites (tertiary alicyclic amines) is 1. The van der Waals surface area contributed by atoms with Crippen molar-refractivity contribution in [3.63, 3.8) is 0 Å². The summed E-state index contributed by atoms with van der Waals surface area (Å²) in [7, 11) is 0. The molecule has 8 heteroatoms. The molecule has 1 unspecified atom stereocenters. The number of halogens is 1. The van der Waals surface area contributed by atoms with E-state index in [0.29, 0.717) is 25.2 Å². The summed E-state index contributed by atoms with van der Waals surface area (Å²) < 4.78 is 17.0. The van der Waals surface area contributed by atoms with Crippen LogP contribution in [0.5, 0.6) is 0 Å². The predicted molar refractivity (Wildman–Crippen MR) is 142 cm³/mol. The molecule has 0 radical (unpaired) electrons. The highest BCUT2D eigenvalue weighted by Gasteiger charge is 2.27. The first-order valence-corrected chi connectivity index (χ1v) is 12.4. The van der Waals surface area contributed by atoms with Gasteiger partial charge in [-0.15, -0.1) is 24.0 Å². The molecule has 3 saturated heterocycles. The summed E-state index contributed by atoms with van der Waals surface area (Å²) in [4.78, 5) is 9.97. The van der Waals surface area contributed by atoms with Crippen LogP contribution >= 0.6 is 24.0 Å². The van der Waals surface area contributed by atoms with Gasteiger partial charge >= 0.3 is 0 Å². The molecule has 0 aromatic heterocycles. The topological polar surface area (TPSA) is 58.6 Å². The Kier molecular flexibility index (Phi) is 11.7. The van der Waals surface area contributed by atoms with Crippen LogP contribution in [0.1, 0.15) is 37.3 Å². The van der Waals surface area contributed by atoms with Crippen molar-refractivity contribution in [2.75, 3.05) is 65.7 Å². The Bertz CT molecular complexity index is 723. The molecule has 3 aliphatic rings. The number of rotatable bonds is 8. The fraction of sp³-hybridized carbons (Fsp3) is 0.720. The van der Waals surface area contributed by atoms with Gasteiger partial charge in [-0.25, -0.2) is 4.99 Å². The Morgan fingerprint density at radius 1 is 1.06 bits per heavy atom. The van der Waals surface area contributed by atoms with Gasteiger partial charge in [0.1, 0.15) is 0 Å². The number of benzene rings is 1. The van der Waals surface area contributed by atoms with Gasteiger partial charge in [-0.1, -0.05) is 24.3 Å². The lowest BCUT2D eigenvalue weighted by molar-refractivity contribution is -0.0390.